The third-order valence-electron chi connectivity index (χ3n) is 17.7. The highest BCUT2D eigenvalue weighted by atomic mass is 35.5. The molecule has 13 nitrogen and oxygen atoms in total. The summed E-state index contributed by atoms with van der Waals surface area (Å²) in [6.07, 6.45) is 6.11. The Labute approximate surface area is 538 Å². The van der Waals surface area contributed by atoms with Gasteiger partial charge in [-0.15, -0.1) is 0 Å². The number of fused-ring (bicyclic) bond motifs is 3. The molecule has 3 heterocycles. The maximum absolute atomic E-state index is 12.7. The van der Waals surface area contributed by atoms with E-state index in [1.165, 1.54) is 17.5 Å². The minimum Gasteiger partial charge on any atom is -0.506 e. The molecule has 6 N–H and O–H groups in total. The number of likely N-dealkylation sites (N-methyl/N-ethyl adjacent to an activating group) is 2. The second-order valence-electron chi connectivity index (χ2n) is 23.9. The Morgan fingerprint density at radius 1 is 0.618 bits per heavy atom. The lowest BCUT2D eigenvalue weighted by Crippen LogP contribution is -2.42. The molecular formula is C72H77Cl3N6O7S. The van der Waals surface area contributed by atoms with Gasteiger partial charge in [-0.25, -0.2) is 8.42 Å². The fraction of sp³-hybridized carbons (Fsp3) is 0.306. The van der Waals surface area contributed by atoms with Crippen molar-refractivity contribution in [2.24, 2.45) is 0 Å². The van der Waals surface area contributed by atoms with Crippen molar-refractivity contribution in [3.8, 4) is 17.2 Å². The maximum atomic E-state index is 12.7. The number of nitrogens with one attached hydrogen (secondary N) is 3. The van der Waals surface area contributed by atoms with Crippen molar-refractivity contribution in [3.05, 3.63) is 252 Å². The molecule has 1 aliphatic carbocycles. The van der Waals surface area contributed by atoms with E-state index in [-0.39, 0.29) is 57.8 Å². The first-order valence-corrected chi connectivity index (χ1v) is 33.0. The fourth-order valence-electron chi connectivity index (χ4n) is 12.4. The van der Waals surface area contributed by atoms with Gasteiger partial charge in [-0.05, 0) is 200 Å². The zero-order chi connectivity index (χ0) is 62.9. The van der Waals surface area contributed by atoms with Crippen LogP contribution in [0, 0.1) is 0 Å². The molecule has 3 aliphatic heterocycles. The lowest BCUT2D eigenvalue weighted by molar-refractivity contribution is -0.133. The monoisotopic (exact) mass is 1270 g/mol. The molecule has 464 valence electrons. The van der Waals surface area contributed by atoms with Gasteiger partial charge in [0.25, 0.3) is 15.9 Å². The number of nitrogens with zero attached hydrogens (tertiary/aromatic N) is 3. The summed E-state index contributed by atoms with van der Waals surface area (Å²) in [7, 11) is 0.546. The number of anilines is 1. The van der Waals surface area contributed by atoms with E-state index in [9.17, 15) is 33.3 Å². The predicted molar refractivity (Wildman–Crippen MR) is 357 cm³/mol. The minimum absolute atomic E-state index is 0.0513. The molecule has 2 amide bonds. The van der Waals surface area contributed by atoms with Crippen molar-refractivity contribution in [2.45, 2.75) is 93.7 Å². The Morgan fingerprint density at radius 2 is 1.08 bits per heavy atom. The number of hydrogen-bond donors (Lipinski definition) is 6. The first-order chi connectivity index (χ1) is 42.8. The van der Waals surface area contributed by atoms with Crippen LogP contribution in [0.2, 0.25) is 15.1 Å². The highest BCUT2D eigenvalue weighted by Crippen LogP contribution is 2.40. The van der Waals surface area contributed by atoms with Crippen LogP contribution < -0.4 is 15.4 Å². The number of sulfonamides is 1. The summed E-state index contributed by atoms with van der Waals surface area (Å²) in [6, 6.07) is 53.3. The number of halogens is 3. The number of carbonyl (C=O) groups is 2. The van der Waals surface area contributed by atoms with E-state index in [1.807, 2.05) is 103 Å². The molecule has 0 bridgehead atoms. The number of rotatable bonds is 12. The lowest BCUT2D eigenvalue weighted by atomic mass is 9.87. The second-order valence-corrected chi connectivity index (χ2v) is 26.8. The number of amides is 2. The smallest absolute Gasteiger partial charge is 0.261 e. The summed E-state index contributed by atoms with van der Waals surface area (Å²) in [4.78, 5) is 31.5. The molecule has 1 saturated carbocycles. The lowest BCUT2D eigenvalue weighted by Gasteiger charge is -2.37. The third-order valence-corrected chi connectivity index (χ3v) is 20.0. The largest absolute Gasteiger partial charge is 0.506 e. The molecular weight excluding hydrogens is 1200 g/mol. The van der Waals surface area contributed by atoms with Gasteiger partial charge in [0, 0.05) is 81.2 Å². The van der Waals surface area contributed by atoms with Crippen LogP contribution >= 0.6 is 34.8 Å². The third kappa shape index (κ3) is 16.0. The van der Waals surface area contributed by atoms with Gasteiger partial charge in [0.2, 0.25) is 5.91 Å². The normalized spacial score (nSPS) is 18.0. The second kappa shape index (κ2) is 29.0. The number of aromatic hydroxyl groups is 3. The van der Waals surface area contributed by atoms with Gasteiger partial charge in [-0.3, -0.25) is 14.3 Å². The quantitative estimate of drug-likeness (QED) is 0.0691. The van der Waals surface area contributed by atoms with Crippen molar-refractivity contribution >= 4 is 62.3 Å². The topological polar surface area (TPSA) is 175 Å². The van der Waals surface area contributed by atoms with Crippen molar-refractivity contribution in [2.75, 3.05) is 58.1 Å². The van der Waals surface area contributed by atoms with Gasteiger partial charge < -0.3 is 40.7 Å². The molecule has 8 aromatic rings. The summed E-state index contributed by atoms with van der Waals surface area (Å²) in [5.74, 6) is 0.722. The van der Waals surface area contributed by atoms with Gasteiger partial charge in [-0.2, -0.15) is 0 Å². The Bertz CT molecular complexity index is 3880. The Balaban J connectivity index is 0.000000147. The molecule has 3 unspecified atom stereocenters. The molecule has 0 spiro atoms. The molecule has 0 radical (unpaired) electrons. The first kappa shape index (κ1) is 64.6. The SMILES string of the molecule is CC(=O)N(Cc1ccc([C@H]2CNCCc3cc(Cl)c(O)cc32)cc1)C1CCC1.CC(NC(=O)c1ccc(C2CN(C)CCc3cc(Cl)c(O)cc32)cc1)c1ccccc1.CN1CCc2cc(Cl)c(O)cc2C(c2ccc(NS(=O)(=O)c3ccccc3)cc2)C1. The van der Waals surface area contributed by atoms with Crippen molar-refractivity contribution in [3.63, 3.8) is 0 Å². The van der Waals surface area contributed by atoms with E-state index >= 15 is 0 Å². The van der Waals surface area contributed by atoms with E-state index < -0.39 is 10.0 Å². The van der Waals surface area contributed by atoms with Crippen LogP contribution in [0.1, 0.15) is 128 Å². The van der Waals surface area contributed by atoms with Crippen LogP contribution in [-0.2, 0) is 40.6 Å². The minimum atomic E-state index is -3.63. The van der Waals surface area contributed by atoms with Crippen LogP contribution in [0.5, 0.6) is 17.2 Å². The fourth-order valence-corrected chi connectivity index (χ4v) is 14.0. The van der Waals surface area contributed by atoms with Crippen LogP contribution in [0.15, 0.2) is 175 Å². The van der Waals surface area contributed by atoms with Crippen molar-refractivity contribution < 1.29 is 33.3 Å². The summed E-state index contributed by atoms with van der Waals surface area (Å²) in [5.41, 5.74) is 13.5. The van der Waals surface area contributed by atoms with Crippen molar-refractivity contribution in [1.29, 1.82) is 0 Å². The summed E-state index contributed by atoms with van der Waals surface area (Å²) < 4.78 is 27.7. The van der Waals surface area contributed by atoms with Gasteiger partial charge in [0.05, 0.1) is 26.0 Å². The van der Waals surface area contributed by atoms with Gasteiger partial charge in [0.15, 0.2) is 0 Å². The van der Waals surface area contributed by atoms with E-state index in [0.29, 0.717) is 38.9 Å². The molecule has 1 fully saturated rings. The van der Waals surface area contributed by atoms with E-state index in [2.05, 4.69) is 63.5 Å². The molecule has 89 heavy (non-hydrogen) atoms. The molecule has 4 atom stereocenters. The number of phenols is 3. The average molecular weight is 1280 g/mol. The number of benzene rings is 8. The standard InChI is InChI=1S/C26H27ClN2O2.C23H23ClN2O3S.C23H27ClN2O2/c1-17(18-6-4-3-5-7-18)28-26(31)20-10-8-19(9-11-20)23-16-29(2)13-12-21-14-24(27)25(30)15-22(21)23;1-26-12-11-17-13-22(24)23(27)14-20(17)21(15-26)16-7-9-18(10-8-16)25-30(28,29)19-5-3-2-4-6-19;1-15(27)26(19-3-2-4-19)14-16-5-7-17(8-6-16)21-13-25-10-9-18-11-22(24)23(28)12-20(18)21/h3-11,14-15,17,23,30H,12-13,16H2,1-2H3,(H,28,31);2-10,13-14,21,25,27H,11-12,15H2,1H3;5-8,11-12,19,21,25,28H,2-4,9-10,13-14H2,1H3/t;;21-/m..1/s1. The van der Waals surface area contributed by atoms with Gasteiger partial charge in [-0.1, -0.05) is 132 Å². The number of carbonyl (C=O) groups excluding carboxylic acids is 2. The van der Waals surface area contributed by atoms with E-state index in [4.69, 9.17) is 34.8 Å². The van der Waals surface area contributed by atoms with E-state index in [1.54, 1.807) is 61.5 Å². The molecule has 0 saturated heterocycles. The average Bonchev–Trinajstić information content (AvgIpc) is 1.91. The van der Waals surface area contributed by atoms with Crippen LogP contribution in [0.3, 0.4) is 0 Å². The highest BCUT2D eigenvalue weighted by Gasteiger charge is 2.30. The van der Waals surface area contributed by atoms with Crippen LogP contribution in [0.25, 0.3) is 0 Å². The summed E-state index contributed by atoms with van der Waals surface area (Å²) in [6.45, 7) is 9.52. The number of phenolic OH excluding ortho intramolecular Hbond substituents is 3. The summed E-state index contributed by atoms with van der Waals surface area (Å²) >= 11 is 18.4. The van der Waals surface area contributed by atoms with E-state index in [0.717, 1.165) is 121 Å². The zero-order valence-electron chi connectivity index (χ0n) is 50.6. The Hall–Kier alpha value is -7.40. The first-order valence-electron chi connectivity index (χ1n) is 30.4. The molecule has 0 aromatic heterocycles. The van der Waals surface area contributed by atoms with Crippen molar-refractivity contribution in [1.82, 2.24) is 25.3 Å². The van der Waals surface area contributed by atoms with Crippen LogP contribution in [0.4, 0.5) is 5.69 Å². The molecule has 4 aliphatic rings. The maximum Gasteiger partial charge on any atom is 0.261 e. The highest BCUT2D eigenvalue weighted by molar-refractivity contribution is 7.92. The number of hydrogen-bond acceptors (Lipinski definition) is 10. The van der Waals surface area contributed by atoms with Gasteiger partial charge in [0.1, 0.15) is 17.2 Å². The molecule has 17 heteroatoms. The molecule has 8 aromatic carbocycles. The molecule has 12 rings (SSSR count). The van der Waals surface area contributed by atoms with Gasteiger partial charge >= 0.3 is 0 Å². The predicted octanol–water partition coefficient (Wildman–Crippen LogP) is 13.8. The van der Waals surface area contributed by atoms with Crippen LogP contribution in [-0.4, -0.2) is 110 Å². The Morgan fingerprint density at radius 3 is 1.57 bits per heavy atom. The summed E-state index contributed by atoms with van der Waals surface area (Å²) in [5, 5.41) is 38.2. The zero-order valence-corrected chi connectivity index (χ0v) is 53.7. The Kier molecular flexibility index (Phi) is 21.1.